The van der Waals surface area contributed by atoms with Gasteiger partial charge in [-0.2, -0.15) is 0 Å². The first kappa shape index (κ1) is 19.0. The lowest BCUT2D eigenvalue weighted by Crippen LogP contribution is -2.18. The maximum Gasteiger partial charge on any atom is 0.342 e. The first-order valence-electron chi connectivity index (χ1n) is 9.03. The molecule has 0 aliphatic carbocycles. The number of aromatic nitrogens is 1. The van der Waals surface area contributed by atoms with E-state index in [-0.39, 0.29) is 15.8 Å². The number of nitro groups is 1. The first-order chi connectivity index (χ1) is 14.0. The maximum absolute atomic E-state index is 11.9. The van der Waals surface area contributed by atoms with Gasteiger partial charge in [-0.05, 0) is 48.9 Å². The van der Waals surface area contributed by atoms with E-state index in [2.05, 4.69) is 9.88 Å². The van der Waals surface area contributed by atoms with Crippen LogP contribution in [0.3, 0.4) is 0 Å². The van der Waals surface area contributed by atoms with E-state index in [9.17, 15) is 20.0 Å². The molecule has 1 N–H and O–H groups in total. The highest BCUT2D eigenvalue weighted by Crippen LogP contribution is 2.34. The number of para-hydroxylation sites is 2. The van der Waals surface area contributed by atoms with Gasteiger partial charge >= 0.3 is 5.97 Å². The summed E-state index contributed by atoms with van der Waals surface area (Å²) in [5, 5.41) is 21.1. The second-order valence-electron chi connectivity index (χ2n) is 6.56. The lowest BCUT2D eigenvalue weighted by molar-refractivity contribution is -0.384. The SMILES string of the molecule is O=C(O)/C(=C\c1cc([N+](=O)[O-])ccc1N1CCCC1)Sc1nc2ccccc2o1. The van der Waals surface area contributed by atoms with Gasteiger partial charge in [-0.25, -0.2) is 9.78 Å². The third kappa shape index (κ3) is 4.09. The normalized spacial score (nSPS) is 14.5. The second kappa shape index (κ2) is 7.96. The number of oxazole rings is 1. The third-order valence-electron chi connectivity index (χ3n) is 4.64. The molecule has 2 heterocycles. The Labute approximate surface area is 170 Å². The van der Waals surface area contributed by atoms with Crippen LogP contribution in [0, 0.1) is 10.1 Å². The Morgan fingerprint density at radius 1 is 1.24 bits per heavy atom. The fourth-order valence-corrected chi connectivity index (χ4v) is 4.02. The molecule has 148 valence electrons. The van der Waals surface area contributed by atoms with Crippen molar-refractivity contribution >= 4 is 46.3 Å². The standard InChI is InChI=1S/C20H17N3O5S/c24-19(25)18(29-20-21-15-5-1-2-6-17(15)28-20)12-13-11-14(23(26)27)7-8-16(13)22-9-3-4-10-22/h1-2,5-8,11-12H,3-4,9-10H2,(H,24,25)/b18-12+. The lowest BCUT2D eigenvalue weighted by Gasteiger charge is -2.20. The van der Waals surface area contributed by atoms with Gasteiger partial charge in [0.2, 0.25) is 0 Å². The summed E-state index contributed by atoms with van der Waals surface area (Å²) in [6, 6.07) is 11.7. The van der Waals surface area contributed by atoms with Crippen LogP contribution in [0.15, 0.2) is 57.0 Å². The molecule has 29 heavy (non-hydrogen) atoms. The summed E-state index contributed by atoms with van der Waals surface area (Å²) in [5.41, 5.74) is 2.38. The predicted octanol–water partition coefficient (Wildman–Crippen LogP) is 4.55. The van der Waals surface area contributed by atoms with Gasteiger partial charge < -0.3 is 14.4 Å². The number of nitro benzene ring substituents is 1. The zero-order valence-corrected chi connectivity index (χ0v) is 16.1. The zero-order valence-electron chi connectivity index (χ0n) is 15.3. The van der Waals surface area contributed by atoms with Gasteiger partial charge in [0.15, 0.2) is 5.58 Å². The molecule has 0 unspecified atom stereocenters. The van der Waals surface area contributed by atoms with Gasteiger partial charge in [-0.3, -0.25) is 10.1 Å². The number of aliphatic carboxylic acids is 1. The third-order valence-corrected chi connectivity index (χ3v) is 5.50. The Morgan fingerprint density at radius 2 is 2.00 bits per heavy atom. The van der Waals surface area contributed by atoms with E-state index in [1.807, 2.05) is 6.07 Å². The molecule has 0 saturated carbocycles. The topological polar surface area (TPSA) is 110 Å². The van der Waals surface area contributed by atoms with Crippen LogP contribution in [0.1, 0.15) is 18.4 Å². The predicted molar refractivity (Wildman–Crippen MR) is 110 cm³/mol. The van der Waals surface area contributed by atoms with Crippen LogP contribution in [0.25, 0.3) is 17.2 Å². The fraction of sp³-hybridized carbons (Fsp3) is 0.200. The Balaban J connectivity index is 1.74. The molecular weight excluding hydrogens is 394 g/mol. The molecular formula is C20H17N3O5S. The number of fused-ring (bicyclic) bond motifs is 1. The van der Waals surface area contributed by atoms with Crippen molar-refractivity contribution in [1.29, 1.82) is 0 Å². The van der Waals surface area contributed by atoms with Crippen molar-refractivity contribution in [3.05, 3.63) is 63.0 Å². The molecule has 0 spiro atoms. The molecule has 2 aromatic carbocycles. The molecule has 1 saturated heterocycles. The Bertz CT molecular complexity index is 1090. The lowest BCUT2D eigenvalue weighted by atomic mass is 10.1. The molecule has 1 aliphatic rings. The molecule has 1 aliphatic heterocycles. The number of carboxylic acid groups (broad SMARTS) is 1. The Morgan fingerprint density at radius 3 is 2.69 bits per heavy atom. The van der Waals surface area contributed by atoms with Crippen LogP contribution in [-0.4, -0.2) is 34.1 Å². The largest absolute Gasteiger partial charge is 0.477 e. The van der Waals surface area contributed by atoms with Crippen molar-refractivity contribution in [2.75, 3.05) is 18.0 Å². The van der Waals surface area contributed by atoms with E-state index < -0.39 is 10.9 Å². The van der Waals surface area contributed by atoms with Crippen LogP contribution < -0.4 is 4.90 Å². The zero-order chi connectivity index (χ0) is 20.4. The molecule has 1 aromatic heterocycles. The smallest absolute Gasteiger partial charge is 0.342 e. The Kier molecular flexibility index (Phi) is 5.22. The molecule has 0 bridgehead atoms. The van der Waals surface area contributed by atoms with Crippen molar-refractivity contribution in [1.82, 2.24) is 4.98 Å². The minimum absolute atomic E-state index is 0.0301. The molecule has 0 amide bonds. The fourth-order valence-electron chi connectivity index (χ4n) is 3.28. The van der Waals surface area contributed by atoms with Crippen molar-refractivity contribution in [2.45, 2.75) is 18.1 Å². The number of benzene rings is 2. The number of carbonyl (C=O) groups is 1. The summed E-state index contributed by atoms with van der Waals surface area (Å²) in [4.78, 5) is 29.0. The second-order valence-corrected chi connectivity index (χ2v) is 7.55. The quantitative estimate of drug-likeness (QED) is 0.272. The summed E-state index contributed by atoms with van der Waals surface area (Å²) >= 11 is 0.878. The number of rotatable bonds is 6. The molecule has 1 fully saturated rings. The van der Waals surface area contributed by atoms with Gasteiger partial charge in [0.1, 0.15) is 10.4 Å². The number of hydrogen-bond donors (Lipinski definition) is 1. The number of non-ortho nitro benzene ring substituents is 1. The number of nitrogens with zero attached hydrogens (tertiary/aromatic N) is 3. The number of carboxylic acids is 1. The average Bonchev–Trinajstić information content (AvgIpc) is 3.36. The average molecular weight is 411 g/mol. The van der Waals surface area contributed by atoms with Crippen LogP contribution in [-0.2, 0) is 4.79 Å². The van der Waals surface area contributed by atoms with E-state index in [0.29, 0.717) is 16.7 Å². The molecule has 0 atom stereocenters. The highest BCUT2D eigenvalue weighted by Gasteiger charge is 2.21. The molecule has 9 heteroatoms. The summed E-state index contributed by atoms with van der Waals surface area (Å²) in [6.07, 6.45) is 3.51. The van der Waals surface area contributed by atoms with Gasteiger partial charge in [0.25, 0.3) is 10.9 Å². The maximum atomic E-state index is 11.9. The minimum Gasteiger partial charge on any atom is -0.477 e. The van der Waals surface area contributed by atoms with Crippen LogP contribution >= 0.6 is 11.8 Å². The van der Waals surface area contributed by atoms with E-state index in [0.717, 1.165) is 43.4 Å². The van der Waals surface area contributed by atoms with Crippen molar-refractivity contribution in [3.8, 4) is 0 Å². The summed E-state index contributed by atoms with van der Waals surface area (Å²) in [7, 11) is 0. The first-order valence-corrected chi connectivity index (χ1v) is 9.85. The van der Waals surface area contributed by atoms with Crippen LogP contribution in [0.2, 0.25) is 0 Å². The van der Waals surface area contributed by atoms with Gasteiger partial charge in [0.05, 0.1) is 4.92 Å². The van der Waals surface area contributed by atoms with E-state index >= 15 is 0 Å². The molecule has 4 rings (SSSR count). The minimum atomic E-state index is -1.16. The summed E-state index contributed by atoms with van der Waals surface area (Å²) in [6.45, 7) is 1.67. The van der Waals surface area contributed by atoms with Crippen molar-refractivity contribution < 1.29 is 19.2 Å². The monoisotopic (exact) mass is 411 g/mol. The number of hydrogen-bond acceptors (Lipinski definition) is 7. The Hall–Kier alpha value is -3.33. The van der Waals surface area contributed by atoms with E-state index in [4.69, 9.17) is 4.42 Å². The number of thioether (sulfide) groups is 1. The van der Waals surface area contributed by atoms with Crippen molar-refractivity contribution in [3.63, 3.8) is 0 Å². The summed E-state index contributed by atoms with van der Waals surface area (Å²) < 4.78 is 5.61. The van der Waals surface area contributed by atoms with Gasteiger partial charge in [0, 0.05) is 36.5 Å². The summed E-state index contributed by atoms with van der Waals surface area (Å²) in [5.74, 6) is -1.16. The molecule has 0 radical (unpaired) electrons. The number of anilines is 1. The molecule has 3 aromatic rings. The van der Waals surface area contributed by atoms with Crippen LogP contribution in [0.5, 0.6) is 0 Å². The van der Waals surface area contributed by atoms with E-state index in [1.54, 1.807) is 24.3 Å². The highest BCUT2D eigenvalue weighted by molar-refractivity contribution is 8.03. The van der Waals surface area contributed by atoms with Crippen molar-refractivity contribution in [2.24, 2.45) is 0 Å². The van der Waals surface area contributed by atoms with Gasteiger partial charge in [-0.1, -0.05) is 12.1 Å². The molecule has 8 nitrogen and oxygen atoms in total. The van der Waals surface area contributed by atoms with Crippen LogP contribution in [0.4, 0.5) is 11.4 Å². The van der Waals surface area contributed by atoms with E-state index in [1.165, 1.54) is 18.2 Å². The highest BCUT2D eigenvalue weighted by atomic mass is 32.2. The van der Waals surface area contributed by atoms with Gasteiger partial charge in [-0.15, -0.1) is 0 Å².